The van der Waals surface area contributed by atoms with E-state index < -0.39 is 5.91 Å². The third-order valence-corrected chi connectivity index (χ3v) is 1.90. The van der Waals surface area contributed by atoms with Crippen LogP contribution in [0.4, 0.5) is 5.95 Å². The number of nitrogens with zero attached hydrogens (tertiary/aromatic N) is 2. The molecule has 0 atom stereocenters. The Morgan fingerprint density at radius 2 is 2.28 bits per heavy atom. The molecule has 7 heteroatoms. The molecule has 0 unspecified atom stereocenters. The Labute approximate surface area is 106 Å². The summed E-state index contributed by atoms with van der Waals surface area (Å²) in [4.78, 5) is 18.8. The highest BCUT2D eigenvalue weighted by Gasteiger charge is 2.02. The molecule has 0 aromatic carbocycles. The van der Waals surface area contributed by atoms with Gasteiger partial charge in [0.25, 0.3) is 0 Å². The van der Waals surface area contributed by atoms with Gasteiger partial charge in [-0.3, -0.25) is 4.79 Å². The molecule has 3 N–H and O–H groups in total. The molecule has 0 aliphatic carbocycles. The van der Waals surface area contributed by atoms with Crippen LogP contribution in [0.25, 0.3) is 0 Å². The van der Waals surface area contributed by atoms with Crippen LogP contribution in [0, 0.1) is 6.92 Å². The minimum atomic E-state index is -0.486. The highest BCUT2D eigenvalue weighted by atomic mass is 16.5. The lowest BCUT2D eigenvalue weighted by atomic mass is 10.4. The zero-order valence-corrected chi connectivity index (χ0v) is 10.6. The molecular formula is C11H18N4O3. The zero-order valence-electron chi connectivity index (χ0n) is 10.6. The Kier molecular flexibility index (Phi) is 5.86. The van der Waals surface area contributed by atoms with E-state index in [9.17, 15) is 4.79 Å². The van der Waals surface area contributed by atoms with Crippen molar-refractivity contribution in [2.45, 2.75) is 13.8 Å². The summed E-state index contributed by atoms with van der Waals surface area (Å²) in [5.74, 6) is 0.520. The fourth-order valence-electron chi connectivity index (χ4n) is 1.25. The predicted molar refractivity (Wildman–Crippen MR) is 66.4 cm³/mol. The maximum Gasteiger partial charge on any atom is 0.243 e. The Hall–Kier alpha value is -1.89. The van der Waals surface area contributed by atoms with E-state index in [4.69, 9.17) is 15.2 Å². The average Bonchev–Trinajstić information content (AvgIpc) is 2.28. The van der Waals surface area contributed by atoms with Gasteiger partial charge in [0.15, 0.2) is 0 Å². The van der Waals surface area contributed by atoms with E-state index in [0.29, 0.717) is 31.6 Å². The van der Waals surface area contributed by atoms with E-state index in [1.54, 1.807) is 6.07 Å². The topological polar surface area (TPSA) is 99.4 Å². The van der Waals surface area contributed by atoms with Crippen LogP contribution in [0.3, 0.4) is 0 Å². The number of ether oxygens (including phenoxy) is 2. The van der Waals surface area contributed by atoms with Gasteiger partial charge in [-0.15, -0.1) is 0 Å². The second-order valence-electron chi connectivity index (χ2n) is 3.55. The molecule has 1 rings (SSSR count). The molecule has 18 heavy (non-hydrogen) atoms. The Bertz CT molecular complexity index is 398. The van der Waals surface area contributed by atoms with Gasteiger partial charge in [0.1, 0.15) is 6.61 Å². The van der Waals surface area contributed by atoms with E-state index in [-0.39, 0.29) is 6.61 Å². The maximum absolute atomic E-state index is 10.4. The van der Waals surface area contributed by atoms with Crippen LogP contribution in [-0.2, 0) is 9.53 Å². The molecule has 1 heterocycles. The summed E-state index contributed by atoms with van der Waals surface area (Å²) in [6.07, 6.45) is 0. The average molecular weight is 254 g/mol. The van der Waals surface area contributed by atoms with E-state index in [1.807, 2.05) is 13.8 Å². The molecule has 0 radical (unpaired) electrons. The van der Waals surface area contributed by atoms with Crippen LogP contribution in [0.1, 0.15) is 12.6 Å². The van der Waals surface area contributed by atoms with E-state index in [2.05, 4.69) is 15.3 Å². The highest BCUT2D eigenvalue weighted by Crippen LogP contribution is 2.11. The highest BCUT2D eigenvalue weighted by molar-refractivity contribution is 5.74. The molecule has 7 nitrogen and oxygen atoms in total. The second-order valence-corrected chi connectivity index (χ2v) is 3.55. The number of anilines is 1. The van der Waals surface area contributed by atoms with Crippen molar-refractivity contribution in [1.82, 2.24) is 9.97 Å². The Morgan fingerprint density at radius 1 is 1.50 bits per heavy atom. The largest absolute Gasteiger partial charge is 0.478 e. The van der Waals surface area contributed by atoms with Crippen molar-refractivity contribution >= 4 is 11.9 Å². The summed E-state index contributed by atoms with van der Waals surface area (Å²) in [6, 6.07) is 1.76. The van der Waals surface area contributed by atoms with E-state index >= 15 is 0 Å². The summed E-state index contributed by atoms with van der Waals surface area (Å²) >= 11 is 0. The number of hydrogen-bond donors (Lipinski definition) is 2. The SMILES string of the molecule is CCOc1cc(C)nc(NCCOCC(N)=O)n1. The third-order valence-electron chi connectivity index (χ3n) is 1.90. The van der Waals surface area contributed by atoms with Crippen molar-refractivity contribution < 1.29 is 14.3 Å². The molecule has 1 aromatic rings. The quantitative estimate of drug-likeness (QED) is 0.638. The van der Waals surface area contributed by atoms with Gasteiger partial charge in [-0.1, -0.05) is 0 Å². The zero-order chi connectivity index (χ0) is 13.4. The van der Waals surface area contributed by atoms with E-state index in [0.717, 1.165) is 5.69 Å². The molecule has 100 valence electrons. The second kappa shape index (κ2) is 7.44. The van der Waals surface area contributed by atoms with Crippen molar-refractivity contribution in [3.63, 3.8) is 0 Å². The minimum absolute atomic E-state index is 0.0828. The Morgan fingerprint density at radius 3 is 2.94 bits per heavy atom. The summed E-state index contributed by atoms with van der Waals surface area (Å²) in [5, 5.41) is 2.98. The van der Waals surface area contributed by atoms with Crippen LogP contribution in [0.5, 0.6) is 5.88 Å². The molecule has 1 amide bonds. The number of hydrogen-bond acceptors (Lipinski definition) is 6. The normalized spacial score (nSPS) is 10.1. The van der Waals surface area contributed by atoms with Crippen LogP contribution in [0.15, 0.2) is 6.07 Å². The van der Waals surface area contributed by atoms with Crippen molar-refractivity contribution in [2.75, 3.05) is 31.7 Å². The smallest absolute Gasteiger partial charge is 0.243 e. The number of nitrogens with one attached hydrogen (secondary N) is 1. The first-order valence-electron chi connectivity index (χ1n) is 5.70. The first kappa shape index (κ1) is 14.2. The first-order valence-corrected chi connectivity index (χ1v) is 5.70. The molecule has 0 bridgehead atoms. The third kappa shape index (κ3) is 5.44. The van der Waals surface area contributed by atoms with Crippen molar-refractivity contribution in [2.24, 2.45) is 5.73 Å². The van der Waals surface area contributed by atoms with Crippen LogP contribution in [0.2, 0.25) is 0 Å². The van der Waals surface area contributed by atoms with Gasteiger partial charge in [-0.25, -0.2) is 4.98 Å². The van der Waals surface area contributed by atoms with Gasteiger partial charge < -0.3 is 20.5 Å². The summed E-state index contributed by atoms with van der Waals surface area (Å²) in [6.45, 7) is 5.06. The number of aromatic nitrogens is 2. The molecule has 0 saturated carbocycles. The van der Waals surface area contributed by atoms with E-state index in [1.165, 1.54) is 0 Å². The van der Waals surface area contributed by atoms with Gasteiger partial charge in [-0.2, -0.15) is 4.98 Å². The van der Waals surface area contributed by atoms with Crippen LogP contribution in [-0.4, -0.2) is 42.2 Å². The van der Waals surface area contributed by atoms with Gasteiger partial charge in [-0.05, 0) is 13.8 Å². The first-order chi connectivity index (χ1) is 8.61. The van der Waals surface area contributed by atoms with Crippen LogP contribution < -0.4 is 15.8 Å². The molecule has 1 aromatic heterocycles. The molecule has 0 saturated heterocycles. The fraction of sp³-hybridized carbons (Fsp3) is 0.545. The lowest BCUT2D eigenvalue weighted by Crippen LogP contribution is -2.21. The summed E-state index contributed by atoms with van der Waals surface area (Å²) in [7, 11) is 0. The number of aryl methyl sites for hydroxylation is 1. The van der Waals surface area contributed by atoms with Gasteiger partial charge in [0.05, 0.1) is 13.2 Å². The molecule has 0 fully saturated rings. The number of carbonyl (C=O) groups excluding carboxylic acids is 1. The van der Waals surface area contributed by atoms with Gasteiger partial charge >= 0.3 is 0 Å². The number of carbonyl (C=O) groups is 1. The van der Waals surface area contributed by atoms with Gasteiger partial charge in [0, 0.05) is 18.3 Å². The lowest BCUT2D eigenvalue weighted by molar-refractivity contribution is -0.122. The number of nitrogens with two attached hydrogens (primary N) is 1. The van der Waals surface area contributed by atoms with Crippen molar-refractivity contribution in [3.8, 4) is 5.88 Å². The van der Waals surface area contributed by atoms with Gasteiger partial charge in [0.2, 0.25) is 17.7 Å². The Balaban J connectivity index is 2.39. The van der Waals surface area contributed by atoms with Crippen molar-refractivity contribution in [3.05, 3.63) is 11.8 Å². The number of rotatable bonds is 8. The molecular weight excluding hydrogens is 236 g/mol. The standard InChI is InChI=1S/C11H18N4O3/c1-3-18-10-6-8(2)14-11(15-10)13-4-5-17-7-9(12)16/h6H,3-5,7H2,1-2H3,(H2,12,16)(H,13,14,15). The van der Waals surface area contributed by atoms with Crippen LogP contribution >= 0.6 is 0 Å². The number of primary amides is 1. The molecule has 0 aliphatic rings. The number of amides is 1. The summed E-state index contributed by atoms with van der Waals surface area (Å²) < 4.78 is 10.3. The monoisotopic (exact) mass is 254 g/mol. The maximum atomic E-state index is 10.4. The van der Waals surface area contributed by atoms with Crippen molar-refractivity contribution in [1.29, 1.82) is 0 Å². The fourth-order valence-corrected chi connectivity index (χ4v) is 1.25. The lowest BCUT2D eigenvalue weighted by Gasteiger charge is -2.08. The predicted octanol–water partition coefficient (Wildman–Crippen LogP) is 0.0975. The molecule has 0 aliphatic heterocycles. The minimum Gasteiger partial charge on any atom is -0.478 e. The summed E-state index contributed by atoms with van der Waals surface area (Å²) in [5.41, 5.74) is 5.75. The molecule has 0 spiro atoms.